The third-order valence-electron chi connectivity index (χ3n) is 4.14. The molecule has 1 N–H and O–H groups in total. The van der Waals surface area contributed by atoms with Gasteiger partial charge < -0.3 is 5.32 Å². The maximum Gasteiger partial charge on any atom is 0.418 e. The minimum atomic E-state index is -4.28. The second-order valence-corrected chi connectivity index (χ2v) is 5.57. The fourth-order valence-corrected chi connectivity index (χ4v) is 3.24. The SMILES string of the molecule is CCC(C(C)C)C1CNc2c1cccc2C(F)(F)F. The molecule has 1 aliphatic heterocycles. The number of alkyl halides is 3. The van der Waals surface area contributed by atoms with E-state index in [1.807, 2.05) is 6.07 Å². The molecule has 1 aromatic carbocycles. The van der Waals surface area contributed by atoms with E-state index >= 15 is 0 Å². The highest BCUT2D eigenvalue weighted by Gasteiger charge is 2.39. The van der Waals surface area contributed by atoms with Gasteiger partial charge in [0.1, 0.15) is 0 Å². The summed E-state index contributed by atoms with van der Waals surface area (Å²) < 4.78 is 38.9. The summed E-state index contributed by atoms with van der Waals surface area (Å²) >= 11 is 0. The largest absolute Gasteiger partial charge is 0.418 e. The molecule has 106 valence electrons. The van der Waals surface area contributed by atoms with E-state index in [9.17, 15) is 13.2 Å². The highest BCUT2D eigenvalue weighted by molar-refractivity contribution is 5.64. The molecule has 0 amide bonds. The van der Waals surface area contributed by atoms with E-state index in [2.05, 4.69) is 26.1 Å². The van der Waals surface area contributed by atoms with E-state index in [-0.39, 0.29) is 5.92 Å². The van der Waals surface area contributed by atoms with Crippen molar-refractivity contribution in [3.05, 3.63) is 29.3 Å². The van der Waals surface area contributed by atoms with Gasteiger partial charge in [-0.2, -0.15) is 13.2 Å². The number of halogens is 3. The number of hydrogen-bond acceptors (Lipinski definition) is 1. The second-order valence-electron chi connectivity index (χ2n) is 5.57. The monoisotopic (exact) mass is 271 g/mol. The van der Waals surface area contributed by atoms with Gasteiger partial charge >= 0.3 is 6.18 Å². The smallest absolute Gasteiger partial charge is 0.384 e. The molecule has 1 nitrogen and oxygen atoms in total. The fraction of sp³-hybridized carbons (Fsp3) is 0.600. The molecule has 2 rings (SSSR count). The Balaban J connectivity index is 2.41. The predicted molar refractivity (Wildman–Crippen MR) is 71.3 cm³/mol. The first-order valence-corrected chi connectivity index (χ1v) is 6.80. The van der Waals surface area contributed by atoms with Crippen molar-refractivity contribution in [1.29, 1.82) is 0 Å². The van der Waals surface area contributed by atoms with Crippen LogP contribution in [0.25, 0.3) is 0 Å². The van der Waals surface area contributed by atoms with Crippen LogP contribution in [0.4, 0.5) is 18.9 Å². The van der Waals surface area contributed by atoms with E-state index in [0.29, 0.717) is 24.1 Å². The molecule has 19 heavy (non-hydrogen) atoms. The zero-order valence-corrected chi connectivity index (χ0v) is 11.5. The normalized spacial score (nSPS) is 20.3. The number of para-hydroxylation sites is 1. The van der Waals surface area contributed by atoms with Gasteiger partial charge in [0.15, 0.2) is 0 Å². The molecule has 0 aromatic heterocycles. The average molecular weight is 271 g/mol. The summed E-state index contributed by atoms with van der Waals surface area (Å²) in [7, 11) is 0. The van der Waals surface area contributed by atoms with Gasteiger partial charge in [-0.05, 0) is 23.5 Å². The molecule has 2 atom stereocenters. The van der Waals surface area contributed by atoms with Crippen molar-refractivity contribution in [1.82, 2.24) is 0 Å². The van der Waals surface area contributed by atoms with Gasteiger partial charge in [-0.1, -0.05) is 39.3 Å². The number of anilines is 1. The van der Waals surface area contributed by atoms with Gasteiger partial charge in [-0.15, -0.1) is 0 Å². The topological polar surface area (TPSA) is 12.0 Å². The maximum absolute atomic E-state index is 13.0. The molecule has 0 saturated carbocycles. The van der Waals surface area contributed by atoms with Gasteiger partial charge in [0, 0.05) is 18.2 Å². The molecule has 2 unspecified atom stereocenters. The Hall–Kier alpha value is -1.19. The number of rotatable bonds is 3. The lowest BCUT2D eigenvalue weighted by Crippen LogP contribution is -2.19. The van der Waals surface area contributed by atoms with Crippen LogP contribution in [-0.2, 0) is 6.18 Å². The van der Waals surface area contributed by atoms with Crippen LogP contribution >= 0.6 is 0 Å². The van der Waals surface area contributed by atoms with E-state index in [1.165, 1.54) is 6.07 Å². The van der Waals surface area contributed by atoms with Crippen LogP contribution in [-0.4, -0.2) is 6.54 Å². The van der Waals surface area contributed by atoms with Gasteiger partial charge in [0.25, 0.3) is 0 Å². The average Bonchev–Trinajstić information content (AvgIpc) is 2.72. The van der Waals surface area contributed by atoms with E-state index < -0.39 is 11.7 Å². The lowest BCUT2D eigenvalue weighted by molar-refractivity contribution is -0.136. The summed E-state index contributed by atoms with van der Waals surface area (Å²) in [6.07, 6.45) is -3.30. The molecule has 0 spiro atoms. The van der Waals surface area contributed by atoms with Crippen molar-refractivity contribution in [3.63, 3.8) is 0 Å². The molecular formula is C15H20F3N. The minimum absolute atomic E-state index is 0.183. The molecular weight excluding hydrogens is 251 g/mol. The molecule has 0 aliphatic carbocycles. The molecule has 0 radical (unpaired) electrons. The summed E-state index contributed by atoms with van der Waals surface area (Å²) in [4.78, 5) is 0. The Morgan fingerprint density at radius 3 is 2.53 bits per heavy atom. The standard InChI is InChI=1S/C15H20F3N/c1-4-10(9(2)3)12-8-19-14-11(12)6-5-7-13(14)15(16,17)18/h5-7,9-10,12,19H,4,8H2,1-3H3. The Morgan fingerprint density at radius 2 is 2.00 bits per heavy atom. The maximum atomic E-state index is 13.0. The van der Waals surface area contributed by atoms with Crippen LogP contribution in [0.15, 0.2) is 18.2 Å². The number of hydrogen-bond donors (Lipinski definition) is 1. The summed E-state index contributed by atoms with van der Waals surface area (Å²) in [5.74, 6) is 1.07. The van der Waals surface area contributed by atoms with Crippen LogP contribution < -0.4 is 5.32 Å². The molecule has 4 heteroatoms. The lowest BCUT2D eigenvalue weighted by Gasteiger charge is -2.26. The molecule has 1 heterocycles. The van der Waals surface area contributed by atoms with Crippen molar-refractivity contribution < 1.29 is 13.2 Å². The van der Waals surface area contributed by atoms with Crippen molar-refractivity contribution in [2.75, 3.05) is 11.9 Å². The first kappa shape index (κ1) is 14.2. The quantitative estimate of drug-likeness (QED) is 0.824. The van der Waals surface area contributed by atoms with Crippen LogP contribution in [0.5, 0.6) is 0 Å². The zero-order valence-electron chi connectivity index (χ0n) is 11.5. The summed E-state index contributed by atoms with van der Waals surface area (Å²) in [6, 6.07) is 4.51. The minimum Gasteiger partial charge on any atom is -0.384 e. The summed E-state index contributed by atoms with van der Waals surface area (Å²) in [6.45, 7) is 6.99. The zero-order chi connectivity index (χ0) is 14.2. The Kier molecular flexibility index (Phi) is 3.79. The van der Waals surface area contributed by atoms with Gasteiger partial charge in [-0.3, -0.25) is 0 Å². The first-order valence-electron chi connectivity index (χ1n) is 6.80. The number of benzene rings is 1. The van der Waals surface area contributed by atoms with Gasteiger partial charge in [-0.25, -0.2) is 0 Å². The van der Waals surface area contributed by atoms with Gasteiger partial charge in [0.05, 0.1) is 5.56 Å². The molecule has 1 aliphatic rings. The van der Waals surface area contributed by atoms with E-state index in [0.717, 1.165) is 18.1 Å². The predicted octanol–water partition coefficient (Wildman–Crippen LogP) is 4.90. The summed E-state index contributed by atoms with van der Waals surface area (Å²) in [5.41, 5.74) is 0.584. The first-order chi connectivity index (χ1) is 8.86. The second kappa shape index (κ2) is 5.06. The van der Waals surface area contributed by atoms with Crippen molar-refractivity contribution in [2.24, 2.45) is 11.8 Å². The highest BCUT2D eigenvalue weighted by atomic mass is 19.4. The van der Waals surface area contributed by atoms with Crippen molar-refractivity contribution >= 4 is 5.69 Å². The van der Waals surface area contributed by atoms with Crippen LogP contribution in [0.2, 0.25) is 0 Å². The Labute approximate surface area is 112 Å². The van der Waals surface area contributed by atoms with Crippen LogP contribution in [0, 0.1) is 11.8 Å². The Morgan fingerprint density at radius 1 is 1.32 bits per heavy atom. The molecule has 0 bridgehead atoms. The van der Waals surface area contributed by atoms with E-state index in [1.54, 1.807) is 0 Å². The Bertz CT molecular complexity index is 451. The van der Waals surface area contributed by atoms with E-state index in [4.69, 9.17) is 0 Å². The van der Waals surface area contributed by atoms with Crippen LogP contribution in [0.1, 0.15) is 44.2 Å². The van der Waals surface area contributed by atoms with Crippen molar-refractivity contribution in [3.8, 4) is 0 Å². The highest BCUT2D eigenvalue weighted by Crippen LogP contribution is 2.46. The third kappa shape index (κ3) is 2.58. The van der Waals surface area contributed by atoms with Gasteiger partial charge in [0.2, 0.25) is 0 Å². The summed E-state index contributed by atoms with van der Waals surface area (Å²) in [5, 5.41) is 2.98. The molecule has 0 saturated heterocycles. The molecule has 1 aromatic rings. The van der Waals surface area contributed by atoms with Crippen LogP contribution in [0.3, 0.4) is 0 Å². The fourth-order valence-electron chi connectivity index (χ4n) is 3.24. The third-order valence-corrected chi connectivity index (χ3v) is 4.14. The number of fused-ring (bicyclic) bond motifs is 1. The molecule has 0 fully saturated rings. The number of nitrogens with one attached hydrogen (secondary N) is 1. The lowest BCUT2D eigenvalue weighted by atomic mass is 9.78. The van der Waals surface area contributed by atoms with Crippen molar-refractivity contribution in [2.45, 2.75) is 39.3 Å².